The van der Waals surface area contributed by atoms with Crippen LogP contribution in [0, 0.1) is 6.92 Å². The predicted octanol–water partition coefficient (Wildman–Crippen LogP) is 6.68. The maximum absolute atomic E-state index is 13.2. The van der Waals surface area contributed by atoms with E-state index in [-0.39, 0.29) is 17.3 Å². The zero-order valence-corrected chi connectivity index (χ0v) is 19.7. The molecule has 0 radical (unpaired) electrons. The van der Waals surface area contributed by atoms with Crippen LogP contribution in [0.1, 0.15) is 48.3 Å². The first-order valence-corrected chi connectivity index (χ1v) is 11.3. The number of hydrogen-bond acceptors (Lipinski definition) is 4. The number of nitrogens with one attached hydrogen (secondary N) is 1. The number of carbonyl (C=O) groups excluding carboxylic acids is 3. The molecule has 0 spiro atoms. The Labute approximate surface area is 208 Å². The van der Waals surface area contributed by atoms with E-state index < -0.39 is 12.1 Å². The Morgan fingerprint density at radius 1 is 0.743 bits per heavy atom. The number of benzene rings is 4. The Bertz CT molecular complexity index is 1350. The second-order valence-corrected chi connectivity index (χ2v) is 8.40. The van der Waals surface area contributed by atoms with Gasteiger partial charge in [0.05, 0.1) is 5.56 Å². The highest BCUT2D eigenvalue weighted by molar-refractivity contribution is 6.30. The van der Waals surface area contributed by atoms with E-state index in [1.54, 1.807) is 78.9 Å². The maximum Gasteiger partial charge on any atom is 0.339 e. The lowest BCUT2D eigenvalue weighted by Gasteiger charge is -2.18. The first-order chi connectivity index (χ1) is 16.9. The minimum atomic E-state index is -1.14. The maximum atomic E-state index is 13.2. The van der Waals surface area contributed by atoms with Crippen molar-refractivity contribution in [2.24, 2.45) is 0 Å². The van der Waals surface area contributed by atoms with Crippen molar-refractivity contribution in [1.82, 2.24) is 0 Å². The van der Waals surface area contributed by atoms with Crippen molar-refractivity contribution >= 4 is 34.9 Å². The molecule has 0 saturated heterocycles. The van der Waals surface area contributed by atoms with Crippen LogP contribution in [0.25, 0.3) is 0 Å². The molecule has 0 unspecified atom stereocenters. The summed E-state index contributed by atoms with van der Waals surface area (Å²) in [5.74, 6) is -1.35. The number of hydrogen-bond donors (Lipinski definition) is 1. The van der Waals surface area contributed by atoms with Gasteiger partial charge in [0.15, 0.2) is 6.10 Å². The molecule has 4 aromatic rings. The van der Waals surface area contributed by atoms with Crippen molar-refractivity contribution in [3.8, 4) is 0 Å². The van der Waals surface area contributed by atoms with Gasteiger partial charge in [0.25, 0.3) is 5.91 Å². The molecule has 1 N–H and O–H groups in total. The van der Waals surface area contributed by atoms with Gasteiger partial charge in [-0.1, -0.05) is 65.7 Å². The van der Waals surface area contributed by atoms with Crippen molar-refractivity contribution in [2.45, 2.75) is 13.0 Å². The average molecular weight is 484 g/mol. The molecule has 0 aromatic heterocycles. The predicted molar refractivity (Wildman–Crippen MR) is 136 cm³/mol. The molecule has 1 atom stereocenters. The number of amides is 1. The Morgan fingerprint density at radius 2 is 1.40 bits per heavy atom. The van der Waals surface area contributed by atoms with E-state index in [1.807, 2.05) is 25.1 Å². The van der Waals surface area contributed by atoms with Gasteiger partial charge >= 0.3 is 5.97 Å². The SMILES string of the molecule is Cc1ccc(C(=O)Nc2cccc(C(=O)O[C@H](C(=O)c3ccc(Cl)cc3)c3ccccc3)c2)cc1. The quantitative estimate of drug-likeness (QED) is 0.235. The highest BCUT2D eigenvalue weighted by Crippen LogP contribution is 2.25. The van der Waals surface area contributed by atoms with Crippen molar-refractivity contribution < 1.29 is 19.1 Å². The fourth-order valence-electron chi connectivity index (χ4n) is 3.47. The molecule has 0 saturated carbocycles. The topological polar surface area (TPSA) is 72.5 Å². The van der Waals surface area contributed by atoms with Crippen molar-refractivity contribution in [3.63, 3.8) is 0 Å². The summed E-state index contributed by atoms with van der Waals surface area (Å²) >= 11 is 5.95. The fraction of sp³-hybridized carbons (Fsp3) is 0.0690. The summed E-state index contributed by atoms with van der Waals surface area (Å²) in [6, 6.07) is 28.8. The molecule has 0 aliphatic rings. The largest absolute Gasteiger partial charge is 0.445 e. The molecular formula is C29H22ClNO4. The average Bonchev–Trinajstić information content (AvgIpc) is 2.88. The summed E-state index contributed by atoms with van der Waals surface area (Å²) in [6.45, 7) is 1.94. The standard InChI is InChI=1S/C29H22ClNO4/c1-19-10-12-22(13-11-19)28(33)31-25-9-5-8-23(18-25)29(34)35-27(21-6-3-2-4-7-21)26(32)20-14-16-24(30)17-15-20/h2-18,27H,1H3,(H,31,33)/t27-/m0/s1. The van der Waals surface area contributed by atoms with Crippen LogP contribution in [-0.2, 0) is 4.74 Å². The van der Waals surface area contributed by atoms with Gasteiger partial charge in [-0.15, -0.1) is 0 Å². The molecule has 6 heteroatoms. The molecule has 1 amide bonds. The van der Waals surface area contributed by atoms with Crippen molar-refractivity contribution in [1.29, 1.82) is 0 Å². The number of aryl methyl sites for hydroxylation is 1. The van der Waals surface area contributed by atoms with Crippen LogP contribution >= 0.6 is 11.6 Å². The molecule has 4 aromatic carbocycles. The summed E-state index contributed by atoms with van der Waals surface area (Å²) in [6.07, 6.45) is -1.14. The fourth-order valence-corrected chi connectivity index (χ4v) is 3.60. The number of Topliss-reactive ketones (excluding diaryl/α,β-unsaturated/α-hetero) is 1. The van der Waals surface area contributed by atoms with Crippen LogP contribution in [-0.4, -0.2) is 17.7 Å². The second kappa shape index (κ2) is 10.8. The number of esters is 1. The van der Waals surface area contributed by atoms with Crippen molar-refractivity contribution in [2.75, 3.05) is 5.32 Å². The van der Waals surface area contributed by atoms with Gasteiger partial charge in [-0.05, 0) is 61.5 Å². The second-order valence-electron chi connectivity index (χ2n) is 7.97. The lowest BCUT2D eigenvalue weighted by atomic mass is 9.99. The highest BCUT2D eigenvalue weighted by Gasteiger charge is 2.27. The van der Waals surface area contributed by atoms with Gasteiger partial charge < -0.3 is 10.1 Å². The highest BCUT2D eigenvalue weighted by atomic mass is 35.5. The van der Waals surface area contributed by atoms with E-state index in [1.165, 1.54) is 6.07 Å². The molecule has 0 fully saturated rings. The number of rotatable bonds is 7. The smallest absolute Gasteiger partial charge is 0.339 e. The van der Waals surface area contributed by atoms with Crippen LogP contribution in [0.4, 0.5) is 5.69 Å². The summed E-state index contributed by atoms with van der Waals surface area (Å²) < 4.78 is 5.69. The van der Waals surface area contributed by atoms with E-state index in [0.29, 0.717) is 27.4 Å². The van der Waals surface area contributed by atoms with Crippen LogP contribution < -0.4 is 5.32 Å². The minimum Gasteiger partial charge on any atom is -0.445 e. The minimum absolute atomic E-state index is 0.205. The van der Waals surface area contributed by atoms with E-state index >= 15 is 0 Å². The molecule has 35 heavy (non-hydrogen) atoms. The van der Waals surface area contributed by atoms with Crippen molar-refractivity contribution in [3.05, 3.63) is 136 Å². The van der Waals surface area contributed by atoms with Gasteiger partial charge in [-0.3, -0.25) is 9.59 Å². The first kappa shape index (κ1) is 23.9. The lowest BCUT2D eigenvalue weighted by Crippen LogP contribution is -2.20. The zero-order valence-electron chi connectivity index (χ0n) is 18.9. The van der Waals surface area contributed by atoms with Crippen LogP contribution in [0.5, 0.6) is 0 Å². The van der Waals surface area contributed by atoms with Gasteiger partial charge in [-0.2, -0.15) is 0 Å². The third kappa shape index (κ3) is 6.02. The van der Waals surface area contributed by atoms with Gasteiger partial charge in [0.2, 0.25) is 5.78 Å². The molecule has 0 aliphatic heterocycles. The summed E-state index contributed by atoms with van der Waals surface area (Å²) in [5.41, 5.74) is 3.11. The van der Waals surface area contributed by atoms with Gasteiger partial charge in [-0.25, -0.2) is 4.79 Å². The van der Waals surface area contributed by atoms with Gasteiger partial charge in [0, 0.05) is 27.4 Å². The Kier molecular flexibility index (Phi) is 7.38. The number of carbonyl (C=O) groups is 3. The molecule has 174 valence electrons. The Morgan fingerprint density at radius 3 is 2.09 bits per heavy atom. The number of ketones is 1. The third-order valence-corrected chi connectivity index (χ3v) is 5.62. The molecule has 4 rings (SSSR count). The van der Waals surface area contributed by atoms with E-state index in [9.17, 15) is 14.4 Å². The van der Waals surface area contributed by atoms with Crippen LogP contribution in [0.2, 0.25) is 5.02 Å². The van der Waals surface area contributed by atoms with E-state index in [4.69, 9.17) is 16.3 Å². The summed E-state index contributed by atoms with van der Waals surface area (Å²) in [4.78, 5) is 38.9. The lowest BCUT2D eigenvalue weighted by molar-refractivity contribution is 0.0280. The molecule has 0 aliphatic carbocycles. The molecular weight excluding hydrogens is 462 g/mol. The van der Waals surface area contributed by atoms with E-state index in [0.717, 1.165) is 5.56 Å². The van der Waals surface area contributed by atoms with E-state index in [2.05, 4.69) is 5.32 Å². The monoisotopic (exact) mass is 483 g/mol. The third-order valence-electron chi connectivity index (χ3n) is 5.36. The number of ether oxygens (including phenoxy) is 1. The Hall–Kier alpha value is -4.22. The molecule has 0 heterocycles. The Balaban J connectivity index is 1.55. The summed E-state index contributed by atoms with van der Waals surface area (Å²) in [7, 11) is 0. The number of halogens is 1. The van der Waals surface area contributed by atoms with Gasteiger partial charge in [0.1, 0.15) is 0 Å². The number of anilines is 1. The van der Waals surface area contributed by atoms with Crippen LogP contribution in [0.15, 0.2) is 103 Å². The normalized spacial score (nSPS) is 11.4. The first-order valence-electron chi connectivity index (χ1n) is 10.9. The zero-order chi connectivity index (χ0) is 24.8. The summed E-state index contributed by atoms with van der Waals surface area (Å²) in [5, 5.41) is 3.29. The van der Waals surface area contributed by atoms with Crippen LogP contribution in [0.3, 0.4) is 0 Å². The molecule has 5 nitrogen and oxygen atoms in total. The molecule has 0 bridgehead atoms.